The summed E-state index contributed by atoms with van der Waals surface area (Å²) in [4.78, 5) is 12.9. The number of benzene rings is 3. The first-order chi connectivity index (χ1) is 20.6. The fraction of sp³-hybridized carbons (Fsp3) is 0.321. The third-order valence-electron chi connectivity index (χ3n) is 6.63. The molecular weight excluding hydrogens is 605 g/mol. The lowest BCUT2D eigenvalue weighted by atomic mass is 10.3. The van der Waals surface area contributed by atoms with Crippen LogP contribution in [0.1, 0.15) is 0 Å². The lowest BCUT2D eigenvalue weighted by Crippen LogP contribution is -2.42. The van der Waals surface area contributed by atoms with E-state index in [9.17, 15) is 26.0 Å². The Morgan fingerprint density at radius 2 is 1.51 bits per heavy atom. The van der Waals surface area contributed by atoms with Gasteiger partial charge in [0, 0.05) is 19.2 Å². The van der Waals surface area contributed by atoms with E-state index in [4.69, 9.17) is 18.9 Å². The lowest BCUT2D eigenvalue weighted by molar-refractivity contribution is -0.119. The number of nitrogens with zero attached hydrogens (tertiary/aromatic N) is 2. The number of halogens is 1. The van der Waals surface area contributed by atoms with Crippen LogP contribution in [0.15, 0.2) is 76.5 Å². The molecule has 1 saturated heterocycles. The van der Waals surface area contributed by atoms with Crippen molar-refractivity contribution in [1.29, 1.82) is 0 Å². The van der Waals surface area contributed by atoms with Crippen molar-refractivity contribution in [1.82, 2.24) is 9.62 Å². The van der Waals surface area contributed by atoms with E-state index in [1.54, 1.807) is 0 Å². The van der Waals surface area contributed by atoms with Crippen molar-refractivity contribution in [3.8, 4) is 17.2 Å². The molecule has 2 aliphatic heterocycles. The molecule has 1 fully saturated rings. The molecule has 3 aromatic carbocycles. The van der Waals surface area contributed by atoms with Gasteiger partial charge in [0.05, 0.1) is 35.2 Å². The molecule has 1 N–H and O–H groups in total. The lowest BCUT2D eigenvalue weighted by Gasteiger charge is -2.26. The van der Waals surface area contributed by atoms with Crippen molar-refractivity contribution >= 4 is 31.6 Å². The van der Waals surface area contributed by atoms with Crippen LogP contribution in [0.3, 0.4) is 0 Å². The molecule has 0 atom stereocenters. The molecule has 1 amide bonds. The van der Waals surface area contributed by atoms with Gasteiger partial charge in [-0.05, 0) is 60.7 Å². The molecule has 2 heterocycles. The summed E-state index contributed by atoms with van der Waals surface area (Å²) in [6.07, 6.45) is 0. The summed E-state index contributed by atoms with van der Waals surface area (Å²) in [5.74, 6) is -0.122. The van der Waals surface area contributed by atoms with Gasteiger partial charge in [0.25, 0.3) is 10.0 Å². The van der Waals surface area contributed by atoms with Crippen LogP contribution in [0.25, 0.3) is 0 Å². The van der Waals surface area contributed by atoms with Crippen LogP contribution in [0.4, 0.5) is 10.1 Å². The minimum Gasteiger partial charge on any atom is -0.492 e. The van der Waals surface area contributed by atoms with Gasteiger partial charge in [-0.1, -0.05) is 0 Å². The second kappa shape index (κ2) is 13.2. The molecule has 230 valence electrons. The average Bonchev–Trinajstić information content (AvgIpc) is 3.03. The molecule has 0 bridgehead atoms. The largest absolute Gasteiger partial charge is 0.492 e. The standard InChI is InChI=1S/C28H30FN3O9S2/c29-21-1-3-22(4-2-21)32(43(36,37)25-9-10-26-27(19-25)41-18-17-40-26)20-28(33)30-11-14-39-23-5-7-24(8-6-23)42(34,35)31-12-15-38-16-13-31/h1-10,19H,11-18,20H2,(H,30,33). The number of carbonyl (C=O) groups excluding carboxylic acids is 1. The first-order valence-corrected chi connectivity index (χ1v) is 16.3. The molecular formula is C28H30FN3O9S2. The van der Waals surface area contributed by atoms with Crippen LogP contribution in [-0.2, 0) is 29.6 Å². The van der Waals surface area contributed by atoms with Gasteiger partial charge in [-0.2, -0.15) is 4.31 Å². The minimum atomic E-state index is -4.27. The summed E-state index contributed by atoms with van der Waals surface area (Å²) < 4.78 is 90.5. The Hall–Kier alpha value is -3.92. The van der Waals surface area contributed by atoms with Crippen molar-refractivity contribution < 1.29 is 45.0 Å². The van der Waals surface area contributed by atoms with Gasteiger partial charge in [0.15, 0.2) is 11.5 Å². The molecule has 2 aliphatic rings. The maximum absolute atomic E-state index is 13.6. The Labute approximate surface area is 249 Å². The van der Waals surface area contributed by atoms with Gasteiger partial charge in [-0.25, -0.2) is 21.2 Å². The average molecular weight is 636 g/mol. The van der Waals surface area contributed by atoms with Crippen LogP contribution in [0, 0.1) is 5.82 Å². The van der Waals surface area contributed by atoms with E-state index in [0.717, 1.165) is 16.4 Å². The number of amides is 1. The molecule has 0 radical (unpaired) electrons. The van der Waals surface area contributed by atoms with Crippen molar-refractivity contribution in [2.75, 3.05) is 63.5 Å². The van der Waals surface area contributed by atoms with Crippen LogP contribution in [-0.4, -0.2) is 86.3 Å². The monoisotopic (exact) mass is 635 g/mol. The highest BCUT2D eigenvalue weighted by Crippen LogP contribution is 2.34. The van der Waals surface area contributed by atoms with E-state index < -0.39 is 38.3 Å². The predicted octanol–water partition coefficient (Wildman–Crippen LogP) is 2.01. The number of sulfonamides is 2. The van der Waals surface area contributed by atoms with Crippen LogP contribution in [0.2, 0.25) is 0 Å². The van der Waals surface area contributed by atoms with Crippen LogP contribution in [0.5, 0.6) is 17.2 Å². The molecule has 15 heteroatoms. The number of ether oxygens (including phenoxy) is 4. The summed E-state index contributed by atoms with van der Waals surface area (Å²) in [5.41, 5.74) is 0.0924. The van der Waals surface area contributed by atoms with Crippen molar-refractivity contribution in [3.63, 3.8) is 0 Å². The highest BCUT2D eigenvalue weighted by Gasteiger charge is 2.29. The minimum absolute atomic E-state index is 0.0345. The van der Waals surface area contributed by atoms with E-state index in [2.05, 4.69) is 5.32 Å². The number of rotatable bonds is 11. The molecule has 5 rings (SSSR count). The molecule has 12 nitrogen and oxygen atoms in total. The van der Waals surface area contributed by atoms with E-state index >= 15 is 0 Å². The molecule has 0 aromatic heterocycles. The molecule has 0 saturated carbocycles. The third-order valence-corrected chi connectivity index (χ3v) is 10.3. The predicted molar refractivity (Wildman–Crippen MR) is 153 cm³/mol. The summed E-state index contributed by atoms with van der Waals surface area (Å²) in [6.45, 7) is 1.36. The van der Waals surface area contributed by atoms with E-state index in [1.807, 2.05) is 0 Å². The zero-order valence-electron chi connectivity index (χ0n) is 23.0. The Morgan fingerprint density at radius 1 is 0.860 bits per heavy atom. The quantitative estimate of drug-likeness (QED) is 0.313. The normalized spacial score (nSPS) is 15.5. The van der Waals surface area contributed by atoms with E-state index in [1.165, 1.54) is 58.9 Å². The Bertz CT molecular complexity index is 1650. The number of carbonyl (C=O) groups is 1. The number of fused-ring (bicyclic) bond motifs is 1. The number of nitrogens with one attached hydrogen (secondary N) is 1. The number of anilines is 1. The zero-order chi connectivity index (χ0) is 30.5. The Balaban J connectivity index is 1.20. The summed E-state index contributed by atoms with van der Waals surface area (Å²) in [5, 5.41) is 2.61. The summed E-state index contributed by atoms with van der Waals surface area (Å²) in [7, 11) is -7.91. The fourth-order valence-corrected chi connectivity index (χ4v) is 7.27. The molecule has 0 spiro atoms. The molecule has 3 aromatic rings. The Morgan fingerprint density at radius 3 is 2.21 bits per heavy atom. The first kappa shape index (κ1) is 30.5. The van der Waals surface area contributed by atoms with Gasteiger partial charge in [0.1, 0.15) is 37.9 Å². The summed E-state index contributed by atoms with van der Waals surface area (Å²) >= 11 is 0. The highest BCUT2D eigenvalue weighted by atomic mass is 32.2. The number of morpholine rings is 1. The highest BCUT2D eigenvalue weighted by molar-refractivity contribution is 7.92. The van der Waals surface area contributed by atoms with E-state index in [0.29, 0.717) is 31.3 Å². The number of hydrogen-bond donors (Lipinski definition) is 1. The van der Waals surface area contributed by atoms with Crippen molar-refractivity contribution in [2.24, 2.45) is 0 Å². The van der Waals surface area contributed by atoms with Gasteiger partial charge in [-0.3, -0.25) is 9.10 Å². The first-order valence-electron chi connectivity index (χ1n) is 13.4. The second-order valence-electron chi connectivity index (χ2n) is 9.48. The molecule has 0 unspecified atom stereocenters. The maximum Gasteiger partial charge on any atom is 0.264 e. The zero-order valence-corrected chi connectivity index (χ0v) is 24.6. The maximum atomic E-state index is 13.6. The van der Waals surface area contributed by atoms with Crippen LogP contribution >= 0.6 is 0 Å². The van der Waals surface area contributed by atoms with Gasteiger partial charge < -0.3 is 24.3 Å². The number of hydrogen-bond acceptors (Lipinski definition) is 9. The van der Waals surface area contributed by atoms with Crippen molar-refractivity contribution in [3.05, 3.63) is 72.5 Å². The smallest absolute Gasteiger partial charge is 0.264 e. The van der Waals surface area contributed by atoms with Crippen LogP contribution < -0.4 is 23.8 Å². The van der Waals surface area contributed by atoms with Gasteiger partial charge >= 0.3 is 0 Å². The fourth-order valence-electron chi connectivity index (χ4n) is 4.42. The topological polar surface area (TPSA) is 141 Å². The van der Waals surface area contributed by atoms with Gasteiger partial charge in [0.2, 0.25) is 15.9 Å². The molecule has 43 heavy (non-hydrogen) atoms. The second-order valence-corrected chi connectivity index (χ2v) is 13.3. The van der Waals surface area contributed by atoms with Gasteiger partial charge in [-0.15, -0.1) is 0 Å². The molecule has 0 aliphatic carbocycles. The summed E-state index contributed by atoms with van der Waals surface area (Å²) in [6, 6.07) is 14.8. The third kappa shape index (κ3) is 7.18. The van der Waals surface area contributed by atoms with Crippen molar-refractivity contribution in [2.45, 2.75) is 9.79 Å². The SMILES string of the molecule is O=C(CN(c1ccc(F)cc1)S(=O)(=O)c1ccc2c(c1)OCCO2)NCCOc1ccc(S(=O)(=O)N2CCOCC2)cc1. The van der Waals surface area contributed by atoms with E-state index in [-0.39, 0.29) is 54.1 Å². The Kier molecular flexibility index (Phi) is 9.34.